The summed E-state index contributed by atoms with van der Waals surface area (Å²) in [7, 11) is 1.58. The lowest BCUT2D eigenvalue weighted by molar-refractivity contribution is 0.414. The number of benzene rings is 2. The zero-order valence-electron chi connectivity index (χ0n) is 15.7. The number of rotatable bonds is 5. The molecular weight excluding hydrogens is 376 g/mol. The highest BCUT2D eigenvalue weighted by molar-refractivity contribution is 7.98. The fourth-order valence-corrected chi connectivity index (χ4v) is 3.84. The van der Waals surface area contributed by atoms with E-state index < -0.39 is 5.63 Å². The van der Waals surface area contributed by atoms with E-state index in [1.165, 1.54) is 17.8 Å². The summed E-state index contributed by atoms with van der Waals surface area (Å²) in [4.78, 5) is 12.0. The smallest absolute Gasteiger partial charge is 0.336 e. The predicted molar refractivity (Wildman–Crippen MR) is 107 cm³/mol. The summed E-state index contributed by atoms with van der Waals surface area (Å²) >= 11 is 1.46. The maximum atomic E-state index is 12.0. The third kappa shape index (κ3) is 3.50. The molecule has 0 spiro atoms. The molecule has 0 fully saturated rings. The van der Waals surface area contributed by atoms with E-state index >= 15 is 0 Å². The molecule has 0 bridgehead atoms. The molecule has 0 saturated carbocycles. The first-order valence-corrected chi connectivity index (χ1v) is 9.63. The van der Waals surface area contributed by atoms with E-state index in [4.69, 9.17) is 9.15 Å². The Morgan fingerprint density at radius 3 is 2.82 bits per heavy atom. The number of ether oxygens (including phenoxy) is 1. The third-order valence-corrected chi connectivity index (χ3v) is 5.40. The number of hydrogen-bond donors (Lipinski definition) is 0. The largest absolute Gasteiger partial charge is 0.497 e. The normalized spacial score (nSPS) is 11.1. The van der Waals surface area contributed by atoms with Crippen molar-refractivity contribution in [2.75, 3.05) is 7.11 Å². The molecule has 0 radical (unpaired) electrons. The lowest BCUT2D eigenvalue weighted by Crippen LogP contribution is -2.03. The minimum atomic E-state index is -0.398. The van der Waals surface area contributed by atoms with Gasteiger partial charge in [-0.1, -0.05) is 23.9 Å². The Labute approximate surface area is 165 Å². The molecule has 0 unspecified atom stereocenters. The van der Waals surface area contributed by atoms with Crippen molar-refractivity contribution in [1.82, 2.24) is 20.2 Å². The van der Waals surface area contributed by atoms with Crippen LogP contribution in [0.15, 0.2) is 56.8 Å². The van der Waals surface area contributed by atoms with E-state index in [0.717, 1.165) is 27.8 Å². The summed E-state index contributed by atoms with van der Waals surface area (Å²) in [5.74, 6) is 1.17. The minimum absolute atomic E-state index is 0.398. The fraction of sp³-hybridized carbons (Fsp3) is 0.200. The van der Waals surface area contributed by atoms with Gasteiger partial charge >= 0.3 is 5.63 Å². The molecule has 4 aromatic rings. The van der Waals surface area contributed by atoms with Crippen LogP contribution in [0.2, 0.25) is 0 Å². The van der Waals surface area contributed by atoms with Crippen molar-refractivity contribution in [3.8, 4) is 11.4 Å². The Hall–Kier alpha value is -3.13. The van der Waals surface area contributed by atoms with Crippen LogP contribution in [-0.2, 0) is 5.75 Å². The SMILES string of the molecule is COc1ccc2c(CSc3nnnn3-c3cc(C)ccc3C)cc(=O)oc2c1. The molecule has 0 aliphatic carbocycles. The summed E-state index contributed by atoms with van der Waals surface area (Å²) < 4.78 is 12.2. The van der Waals surface area contributed by atoms with Gasteiger partial charge in [0.25, 0.3) is 0 Å². The zero-order valence-corrected chi connectivity index (χ0v) is 16.5. The van der Waals surface area contributed by atoms with E-state index in [1.54, 1.807) is 17.9 Å². The molecule has 142 valence electrons. The van der Waals surface area contributed by atoms with Crippen LogP contribution in [0, 0.1) is 13.8 Å². The van der Waals surface area contributed by atoms with Gasteiger partial charge in [0.05, 0.1) is 12.8 Å². The summed E-state index contributed by atoms with van der Waals surface area (Å²) in [5, 5.41) is 13.6. The Balaban J connectivity index is 1.67. The molecule has 0 aliphatic heterocycles. The van der Waals surface area contributed by atoms with Crippen molar-refractivity contribution in [1.29, 1.82) is 0 Å². The average molecular weight is 394 g/mol. The maximum absolute atomic E-state index is 12.0. The van der Waals surface area contributed by atoms with Gasteiger partial charge in [-0.15, -0.1) is 5.10 Å². The molecule has 28 heavy (non-hydrogen) atoms. The molecule has 0 N–H and O–H groups in total. The number of aryl methyl sites for hydroxylation is 2. The van der Waals surface area contributed by atoms with Crippen LogP contribution in [-0.4, -0.2) is 27.3 Å². The molecule has 0 aliphatic rings. The van der Waals surface area contributed by atoms with E-state index in [-0.39, 0.29) is 0 Å². The van der Waals surface area contributed by atoms with Gasteiger partial charge in [0.2, 0.25) is 5.16 Å². The van der Waals surface area contributed by atoms with Gasteiger partial charge in [0.15, 0.2) is 0 Å². The van der Waals surface area contributed by atoms with Crippen molar-refractivity contribution < 1.29 is 9.15 Å². The number of tetrazole rings is 1. The Morgan fingerprint density at radius 2 is 2.00 bits per heavy atom. The lowest BCUT2D eigenvalue weighted by Gasteiger charge is -2.09. The third-order valence-electron chi connectivity index (χ3n) is 4.43. The topological polar surface area (TPSA) is 83.0 Å². The van der Waals surface area contributed by atoms with Crippen molar-refractivity contribution in [3.63, 3.8) is 0 Å². The van der Waals surface area contributed by atoms with E-state index in [2.05, 4.69) is 27.7 Å². The Kier molecular flexibility index (Phi) is 4.87. The first-order valence-electron chi connectivity index (χ1n) is 8.65. The van der Waals surface area contributed by atoms with Crippen LogP contribution in [0.3, 0.4) is 0 Å². The number of nitrogens with zero attached hydrogens (tertiary/aromatic N) is 4. The standard InChI is InChI=1S/C20H18N4O3S/c1-12-4-5-13(2)17(8-12)24-20(21-22-23-24)28-11-14-9-19(25)27-18-10-15(26-3)6-7-16(14)18/h4-10H,11H2,1-3H3. The van der Waals surface area contributed by atoms with Crippen molar-refractivity contribution in [3.05, 3.63) is 69.6 Å². The maximum Gasteiger partial charge on any atom is 0.336 e. The first kappa shape index (κ1) is 18.2. The van der Waals surface area contributed by atoms with Crippen molar-refractivity contribution in [2.24, 2.45) is 0 Å². The molecule has 2 aromatic carbocycles. The summed E-state index contributed by atoms with van der Waals surface area (Å²) in [5.41, 5.74) is 4.11. The summed E-state index contributed by atoms with van der Waals surface area (Å²) in [6.07, 6.45) is 0. The van der Waals surface area contributed by atoms with Crippen molar-refractivity contribution in [2.45, 2.75) is 24.8 Å². The molecule has 8 heteroatoms. The van der Waals surface area contributed by atoms with Crippen LogP contribution in [0.25, 0.3) is 16.7 Å². The van der Waals surface area contributed by atoms with Crippen molar-refractivity contribution >= 4 is 22.7 Å². The minimum Gasteiger partial charge on any atom is -0.497 e. The van der Waals surface area contributed by atoms with Crippen LogP contribution in [0.5, 0.6) is 5.75 Å². The van der Waals surface area contributed by atoms with Gasteiger partial charge in [0, 0.05) is 23.3 Å². The van der Waals surface area contributed by atoms with Crippen LogP contribution >= 0.6 is 11.8 Å². The summed E-state index contributed by atoms with van der Waals surface area (Å²) in [6.45, 7) is 4.05. The molecule has 2 heterocycles. The number of methoxy groups -OCH3 is 1. The summed E-state index contributed by atoms with van der Waals surface area (Å²) in [6, 6.07) is 13.1. The monoisotopic (exact) mass is 394 g/mol. The fourth-order valence-electron chi connectivity index (χ4n) is 2.97. The number of aromatic nitrogens is 4. The molecule has 0 saturated heterocycles. The second-order valence-corrected chi connectivity index (χ2v) is 7.35. The van der Waals surface area contributed by atoms with Crippen LogP contribution in [0.4, 0.5) is 0 Å². The second kappa shape index (κ2) is 7.47. The highest BCUT2D eigenvalue weighted by Gasteiger charge is 2.14. The van der Waals surface area contributed by atoms with Crippen LogP contribution in [0.1, 0.15) is 16.7 Å². The Bertz CT molecular complexity index is 1220. The molecule has 0 amide bonds. The number of thioether (sulfide) groups is 1. The predicted octanol–water partition coefficient (Wildman–Crippen LogP) is 3.69. The Morgan fingerprint density at radius 1 is 1.14 bits per heavy atom. The number of hydrogen-bond acceptors (Lipinski definition) is 7. The molecule has 4 rings (SSSR count). The van der Waals surface area contributed by atoms with Gasteiger partial charge < -0.3 is 9.15 Å². The van der Waals surface area contributed by atoms with E-state index in [1.807, 2.05) is 32.0 Å². The first-order chi connectivity index (χ1) is 13.5. The highest BCUT2D eigenvalue weighted by Crippen LogP contribution is 2.28. The number of fused-ring (bicyclic) bond motifs is 1. The second-order valence-electron chi connectivity index (χ2n) is 6.40. The molecule has 0 atom stereocenters. The average Bonchev–Trinajstić information content (AvgIpc) is 3.15. The van der Waals surface area contributed by atoms with Gasteiger partial charge in [0.1, 0.15) is 11.3 Å². The molecule has 2 aromatic heterocycles. The van der Waals surface area contributed by atoms with E-state index in [9.17, 15) is 4.79 Å². The highest BCUT2D eigenvalue weighted by atomic mass is 32.2. The quantitative estimate of drug-likeness (QED) is 0.377. The van der Waals surface area contributed by atoms with Gasteiger partial charge in [-0.3, -0.25) is 0 Å². The molecule has 7 nitrogen and oxygen atoms in total. The van der Waals surface area contributed by atoms with E-state index in [0.29, 0.717) is 22.2 Å². The van der Waals surface area contributed by atoms with Crippen LogP contribution < -0.4 is 10.4 Å². The lowest BCUT2D eigenvalue weighted by atomic mass is 10.1. The van der Waals surface area contributed by atoms with Gasteiger partial charge in [-0.05, 0) is 59.2 Å². The van der Waals surface area contributed by atoms with Gasteiger partial charge in [-0.2, -0.15) is 4.68 Å². The van der Waals surface area contributed by atoms with Gasteiger partial charge in [-0.25, -0.2) is 4.79 Å². The zero-order chi connectivity index (χ0) is 19.7. The molecular formula is C20H18N4O3S.